The Bertz CT molecular complexity index is 1080. The van der Waals surface area contributed by atoms with Crippen molar-refractivity contribution in [2.45, 2.75) is 6.18 Å². The molecule has 0 aliphatic carbocycles. The lowest BCUT2D eigenvalue weighted by Gasteiger charge is -2.17. The third-order valence-electron chi connectivity index (χ3n) is 3.81. The van der Waals surface area contributed by atoms with Gasteiger partial charge in [-0.05, 0) is 30.3 Å². The zero-order valence-corrected chi connectivity index (χ0v) is 17.8. The van der Waals surface area contributed by atoms with E-state index in [9.17, 15) is 13.2 Å². The van der Waals surface area contributed by atoms with Gasteiger partial charge in [0.25, 0.3) is 0 Å². The number of rotatable bonds is 2. The molecule has 1 nitrogen and oxygen atoms in total. The summed E-state index contributed by atoms with van der Waals surface area (Å²) in [6.45, 7) is 0. The summed E-state index contributed by atoms with van der Waals surface area (Å²) in [4.78, 5) is 3.96. The molecule has 2 aromatic carbocycles. The van der Waals surface area contributed by atoms with Crippen LogP contribution in [0.25, 0.3) is 22.4 Å². The minimum absolute atomic E-state index is 0.00987. The van der Waals surface area contributed by atoms with E-state index in [0.29, 0.717) is 0 Å². The second-order valence-corrected chi connectivity index (χ2v) is 7.94. The van der Waals surface area contributed by atoms with Crippen LogP contribution in [-0.2, 0) is 6.18 Å². The minimum Gasteiger partial charge on any atom is -0.255 e. The van der Waals surface area contributed by atoms with E-state index in [1.165, 1.54) is 30.5 Å². The largest absolute Gasteiger partial charge is 0.418 e. The molecule has 0 fully saturated rings. The van der Waals surface area contributed by atoms with Crippen molar-refractivity contribution in [2.24, 2.45) is 0 Å². The van der Waals surface area contributed by atoms with Crippen LogP contribution in [-0.4, -0.2) is 4.98 Å². The lowest BCUT2D eigenvalue weighted by molar-refractivity contribution is -0.137. The predicted molar refractivity (Wildman–Crippen MR) is 110 cm³/mol. The van der Waals surface area contributed by atoms with Gasteiger partial charge >= 0.3 is 6.18 Å². The Morgan fingerprint density at radius 1 is 0.679 bits per heavy atom. The van der Waals surface area contributed by atoms with E-state index in [4.69, 9.17) is 69.6 Å². The third-order valence-corrected chi connectivity index (χ3v) is 6.05. The van der Waals surface area contributed by atoms with E-state index in [2.05, 4.69) is 4.98 Å². The zero-order valence-electron chi connectivity index (χ0n) is 13.3. The number of benzene rings is 2. The molecule has 10 heteroatoms. The molecule has 0 radical (unpaired) electrons. The third kappa shape index (κ3) is 4.04. The van der Waals surface area contributed by atoms with Gasteiger partial charge in [0, 0.05) is 22.9 Å². The van der Waals surface area contributed by atoms with Crippen molar-refractivity contribution in [3.8, 4) is 22.4 Å². The number of aromatic nitrogens is 1. The van der Waals surface area contributed by atoms with E-state index in [-0.39, 0.29) is 46.8 Å². The van der Waals surface area contributed by atoms with Crippen LogP contribution >= 0.6 is 69.6 Å². The summed E-state index contributed by atoms with van der Waals surface area (Å²) in [6, 6.07) is 6.44. The highest BCUT2D eigenvalue weighted by Crippen LogP contribution is 2.46. The molecule has 0 saturated carbocycles. The molecule has 146 valence electrons. The van der Waals surface area contributed by atoms with Gasteiger partial charge in [0.2, 0.25) is 0 Å². The number of nitrogens with zero attached hydrogens (tertiary/aromatic N) is 1. The van der Waals surface area contributed by atoms with E-state index in [0.717, 1.165) is 6.07 Å². The number of halogens is 9. The highest BCUT2D eigenvalue weighted by molar-refractivity contribution is 6.47. The van der Waals surface area contributed by atoms with Gasteiger partial charge < -0.3 is 0 Å². The number of hydrogen-bond donors (Lipinski definition) is 0. The van der Waals surface area contributed by atoms with Crippen molar-refractivity contribution in [1.82, 2.24) is 4.98 Å². The average molecular weight is 506 g/mol. The molecule has 0 saturated heterocycles. The maximum Gasteiger partial charge on any atom is 0.418 e. The Morgan fingerprint density at radius 2 is 1.14 bits per heavy atom. The van der Waals surface area contributed by atoms with Crippen molar-refractivity contribution in [3.05, 3.63) is 72.2 Å². The van der Waals surface area contributed by atoms with Gasteiger partial charge in [-0.3, -0.25) is 4.98 Å². The first-order valence-electron chi connectivity index (χ1n) is 7.37. The smallest absolute Gasteiger partial charge is 0.255 e. The SMILES string of the molecule is FC(F)(F)c1cc(-c2c(Cl)ccc(Cl)c2Cl)cnc1-c1c(Cl)ccc(Cl)c1Cl. The van der Waals surface area contributed by atoms with Crippen molar-refractivity contribution < 1.29 is 13.2 Å². The van der Waals surface area contributed by atoms with Crippen molar-refractivity contribution >= 4 is 69.6 Å². The summed E-state index contributed by atoms with van der Waals surface area (Å²) in [7, 11) is 0. The molecule has 28 heavy (non-hydrogen) atoms. The fourth-order valence-corrected chi connectivity index (χ4v) is 4.01. The fraction of sp³-hybridized carbons (Fsp3) is 0.0556. The first-order chi connectivity index (χ1) is 13.0. The molecule has 0 amide bonds. The minimum atomic E-state index is -4.77. The molecule has 0 unspecified atom stereocenters. The molecular formula is C18H6Cl6F3N. The molecule has 0 aliphatic heterocycles. The molecule has 0 N–H and O–H groups in total. The van der Waals surface area contributed by atoms with Crippen LogP contribution in [0.2, 0.25) is 30.1 Å². The summed E-state index contributed by atoms with van der Waals surface area (Å²) in [5.74, 6) is 0. The molecule has 1 aromatic heterocycles. The van der Waals surface area contributed by atoms with Gasteiger partial charge in [-0.15, -0.1) is 0 Å². The quantitative estimate of drug-likeness (QED) is 0.316. The number of alkyl halides is 3. The van der Waals surface area contributed by atoms with Gasteiger partial charge in [0.05, 0.1) is 41.4 Å². The molecule has 0 atom stereocenters. The van der Waals surface area contributed by atoms with Crippen LogP contribution in [0.3, 0.4) is 0 Å². The lowest BCUT2D eigenvalue weighted by atomic mass is 10.00. The Kier molecular flexibility index (Phi) is 6.31. The zero-order chi connectivity index (χ0) is 20.8. The number of hydrogen-bond acceptors (Lipinski definition) is 1. The Balaban J connectivity index is 2.33. The molecule has 0 spiro atoms. The Morgan fingerprint density at radius 3 is 1.68 bits per heavy atom. The van der Waals surface area contributed by atoms with Crippen LogP contribution in [0.4, 0.5) is 13.2 Å². The van der Waals surface area contributed by atoms with E-state index < -0.39 is 17.4 Å². The van der Waals surface area contributed by atoms with E-state index >= 15 is 0 Å². The summed E-state index contributed by atoms with van der Waals surface area (Å²) in [5.41, 5.74) is -1.52. The van der Waals surface area contributed by atoms with E-state index in [1.54, 1.807) is 0 Å². The molecule has 1 heterocycles. The second-order valence-electron chi connectivity index (χ2n) is 5.55. The normalized spacial score (nSPS) is 11.8. The van der Waals surface area contributed by atoms with Gasteiger partial charge in [-0.25, -0.2) is 0 Å². The topological polar surface area (TPSA) is 12.9 Å². The second kappa shape index (κ2) is 8.10. The molecule has 0 aliphatic rings. The molecule has 3 rings (SSSR count). The monoisotopic (exact) mass is 503 g/mol. The highest BCUT2D eigenvalue weighted by atomic mass is 35.5. The van der Waals surface area contributed by atoms with Crippen LogP contribution < -0.4 is 0 Å². The standard InChI is InChI=1S/C18H6Cl6F3N/c19-9-1-3-11(21)15(23)13(9)7-5-8(18(25,26)27)17(28-6-7)14-10(20)2-4-12(22)16(14)24/h1-6H. The first kappa shape index (κ1) is 21.8. The van der Waals surface area contributed by atoms with Crippen molar-refractivity contribution in [1.29, 1.82) is 0 Å². The van der Waals surface area contributed by atoms with Crippen LogP contribution in [0, 0.1) is 0 Å². The fourth-order valence-electron chi connectivity index (χ4n) is 2.55. The molecule has 0 bridgehead atoms. The van der Waals surface area contributed by atoms with Gasteiger partial charge in [-0.1, -0.05) is 69.6 Å². The van der Waals surface area contributed by atoms with Crippen molar-refractivity contribution in [3.63, 3.8) is 0 Å². The Labute approximate surface area is 187 Å². The van der Waals surface area contributed by atoms with E-state index in [1.807, 2.05) is 0 Å². The maximum atomic E-state index is 13.8. The summed E-state index contributed by atoms with van der Waals surface area (Å²) < 4.78 is 41.5. The van der Waals surface area contributed by atoms with Gasteiger partial charge in [0.15, 0.2) is 0 Å². The van der Waals surface area contributed by atoms with Gasteiger partial charge in [0.1, 0.15) is 0 Å². The first-order valence-corrected chi connectivity index (χ1v) is 9.64. The van der Waals surface area contributed by atoms with Crippen molar-refractivity contribution in [2.75, 3.05) is 0 Å². The summed E-state index contributed by atoms with van der Waals surface area (Å²) >= 11 is 36.3. The van der Waals surface area contributed by atoms with Crippen LogP contribution in [0.15, 0.2) is 36.5 Å². The molecule has 3 aromatic rings. The summed E-state index contributed by atoms with van der Waals surface area (Å²) in [6.07, 6.45) is -3.59. The average Bonchev–Trinajstić information content (AvgIpc) is 2.62. The highest BCUT2D eigenvalue weighted by Gasteiger charge is 2.36. The number of pyridine rings is 1. The van der Waals surface area contributed by atoms with Gasteiger partial charge in [-0.2, -0.15) is 13.2 Å². The lowest BCUT2D eigenvalue weighted by Crippen LogP contribution is -2.09. The van der Waals surface area contributed by atoms with Crippen LogP contribution in [0.1, 0.15) is 5.56 Å². The predicted octanol–water partition coefficient (Wildman–Crippen LogP) is 9.35. The van der Waals surface area contributed by atoms with Crippen LogP contribution in [0.5, 0.6) is 0 Å². The summed E-state index contributed by atoms with van der Waals surface area (Å²) in [5, 5.41) is 0.143. The maximum absolute atomic E-state index is 13.8. The Hall–Kier alpha value is -0.880. The molecular weight excluding hydrogens is 500 g/mol.